The molecule has 0 aliphatic carbocycles. The maximum atomic E-state index is 12.4. The maximum Gasteiger partial charge on any atom is 0.254 e. The van der Waals surface area contributed by atoms with Crippen molar-refractivity contribution in [3.63, 3.8) is 0 Å². The number of hydrogen-bond donors (Lipinski definition) is 1. The summed E-state index contributed by atoms with van der Waals surface area (Å²) in [4.78, 5) is 11.7. The molecule has 100 valence electrons. The summed E-state index contributed by atoms with van der Waals surface area (Å²) in [5.74, 6) is -0.274. The van der Waals surface area contributed by atoms with Gasteiger partial charge in [-0.1, -0.05) is 11.6 Å². The van der Waals surface area contributed by atoms with E-state index in [2.05, 4.69) is 5.32 Å². The molecule has 0 bridgehead atoms. The molecule has 0 spiro atoms. The molecule has 1 amide bonds. The Labute approximate surface area is 115 Å². The molecule has 1 fully saturated rings. The molecule has 1 aromatic rings. The van der Waals surface area contributed by atoms with Crippen LogP contribution < -0.4 is 5.32 Å². The summed E-state index contributed by atoms with van der Waals surface area (Å²) in [6.07, 6.45) is 0.596. The number of carbonyl (C=O) groups excluding carboxylic acids is 1. The monoisotopic (exact) mass is 308 g/mol. The normalized spacial score (nSPS) is 22.6. The van der Waals surface area contributed by atoms with E-state index in [0.29, 0.717) is 19.5 Å². The Bertz CT molecular complexity index is 555. The van der Waals surface area contributed by atoms with Crippen molar-refractivity contribution in [1.29, 1.82) is 0 Å². The first-order chi connectivity index (χ1) is 8.44. The molecule has 0 saturated carbocycles. The molecule has 18 heavy (non-hydrogen) atoms. The fourth-order valence-electron chi connectivity index (χ4n) is 1.82. The van der Waals surface area contributed by atoms with Crippen LogP contribution in [0.3, 0.4) is 0 Å². The van der Waals surface area contributed by atoms with Crippen molar-refractivity contribution in [1.82, 2.24) is 9.62 Å². The maximum absolute atomic E-state index is 12.4. The molecule has 5 nitrogen and oxygen atoms in total. The molecule has 0 radical (unpaired) electrons. The number of amides is 1. The Morgan fingerprint density at radius 3 is 2.89 bits per heavy atom. The zero-order valence-electron chi connectivity index (χ0n) is 9.72. The van der Waals surface area contributed by atoms with Crippen LogP contribution in [-0.2, 0) is 14.8 Å². The quantitative estimate of drug-likeness (QED) is 0.895. The summed E-state index contributed by atoms with van der Waals surface area (Å²) < 4.78 is 26.2. The van der Waals surface area contributed by atoms with Crippen LogP contribution in [0.4, 0.5) is 0 Å². The van der Waals surface area contributed by atoms with Gasteiger partial charge in [0.25, 0.3) is 10.0 Å². The third-order valence-electron chi connectivity index (χ3n) is 2.79. The first kappa shape index (κ1) is 13.8. The molecule has 1 aliphatic rings. The molecule has 1 atom stereocenters. The van der Waals surface area contributed by atoms with Crippen LogP contribution in [0.25, 0.3) is 0 Å². The van der Waals surface area contributed by atoms with Crippen molar-refractivity contribution < 1.29 is 13.2 Å². The Morgan fingerprint density at radius 1 is 1.56 bits per heavy atom. The van der Waals surface area contributed by atoms with Crippen molar-refractivity contribution in [3.05, 3.63) is 16.5 Å². The molecule has 0 unspecified atom stereocenters. The number of carbonyl (C=O) groups is 1. The summed E-state index contributed by atoms with van der Waals surface area (Å²) in [5.41, 5.74) is 0. The van der Waals surface area contributed by atoms with Gasteiger partial charge in [0.15, 0.2) is 4.21 Å². The van der Waals surface area contributed by atoms with E-state index in [1.54, 1.807) is 18.4 Å². The van der Waals surface area contributed by atoms with Gasteiger partial charge >= 0.3 is 0 Å². The minimum absolute atomic E-state index is 0.103. The average molecular weight is 309 g/mol. The Morgan fingerprint density at radius 2 is 2.28 bits per heavy atom. The van der Waals surface area contributed by atoms with Crippen LogP contribution in [0.5, 0.6) is 0 Å². The summed E-state index contributed by atoms with van der Waals surface area (Å²) in [7, 11) is -3.70. The van der Waals surface area contributed by atoms with Gasteiger partial charge < -0.3 is 5.32 Å². The fourth-order valence-corrected chi connectivity index (χ4v) is 5.24. The van der Waals surface area contributed by atoms with Crippen LogP contribution >= 0.6 is 22.9 Å². The van der Waals surface area contributed by atoms with Gasteiger partial charge in [0.1, 0.15) is 6.04 Å². The van der Waals surface area contributed by atoms with Crippen LogP contribution in [0.2, 0.25) is 5.02 Å². The van der Waals surface area contributed by atoms with E-state index in [1.807, 2.05) is 0 Å². The predicted octanol–water partition coefficient (Wildman–Crippen LogP) is 1.30. The second kappa shape index (κ2) is 5.16. The fraction of sp³-hybridized carbons (Fsp3) is 0.500. The smallest absolute Gasteiger partial charge is 0.254 e. The lowest BCUT2D eigenvalue weighted by Crippen LogP contribution is -2.45. The van der Waals surface area contributed by atoms with Gasteiger partial charge in [-0.15, -0.1) is 11.3 Å². The van der Waals surface area contributed by atoms with Gasteiger partial charge in [0.05, 0.1) is 5.02 Å². The predicted molar refractivity (Wildman–Crippen MR) is 70.3 cm³/mol. The second-order valence-electron chi connectivity index (χ2n) is 3.99. The number of halogens is 1. The first-order valence-electron chi connectivity index (χ1n) is 5.47. The largest absolute Gasteiger partial charge is 0.355 e. The average Bonchev–Trinajstić information content (AvgIpc) is 2.67. The molecule has 1 saturated heterocycles. The van der Waals surface area contributed by atoms with Crippen LogP contribution in [-0.4, -0.2) is 37.8 Å². The zero-order valence-corrected chi connectivity index (χ0v) is 12.1. The second-order valence-corrected chi connectivity index (χ2v) is 7.40. The Balaban J connectivity index is 2.40. The number of nitrogens with one attached hydrogen (secondary N) is 1. The van der Waals surface area contributed by atoms with Gasteiger partial charge in [-0.3, -0.25) is 4.79 Å². The SMILES string of the molecule is C[C@H]1C(=O)NCCCN1S(=O)(=O)c1sccc1Cl. The molecule has 0 aromatic carbocycles. The Kier molecular flexibility index (Phi) is 3.96. The molecule has 1 aromatic heterocycles. The molecule has 8 heteroatoms. The Hall–Kier alpha value is -0.630. The molecule has 1 N–H and O–H groups in total. The summed E-state index contributed by atoms with van der Waals surface area (Å²) >= 11 is 6.94. The summed E-state index contributed by atoms with van der Waals surface area (Å²) in [6.45, 7) is 2.39. The minimum Gasteiger partial charge on any atom is -0.355 e. The van der Waals surface area contributed by atoms with E-state index in [1.165, 1.54) is 4.31 Å². The highest BCUT2D eigenvalue weighted by atomic mass is 35.5. The summed E-state index contributed by atoms with van der Waals surface area (Å²) in [5, 5.41) is 4.51. The molecule has 2 heterocycles. The van der Waals surface area contributed by atoms with Crippen molar-refractivity contribution >= 4 is 38.9 Å². The van der Waals surface area contributed by atoms with Crippen molar-refractivity contribution in [2.24, 2.45) is 0 Å². The van der Waals surface area contributed by atoms with E-state index >= 15 is 0 Å². The minimum atomic E-state index is -3.70. The van der Waals surface area contributed by atoms with E-state index in [0.717, 1.165) is 11.3 Å². The standard InChI is InChI=1S/C10H13ClN2O3S2/c1-7-9(14)12-4-2-5-13(7)18(15,16)10-8(11)3-6-17-10/h3,6-7H,2,4-5H2,1H3,(H,12,14)/t7-/m0/s1. The van der Waals surface area contributed by atoms with Gasteiger partial charge in [0.2, 0.25) is 5.91 Å². The van der Waals surface area contributed by atoms with Gasteiger partial charge in [-0.2, -0.15) is 4.31 Å². The van der Waals surface area contributed by atoms with Crippen LogP contribution in [0.1, 0.15) is 13.3 Å². The number of sulfonamides is 1. The number of thiophene rings is 1. The van der Waals surface area contributed by atoms with E-state index in [-0.39, 0.29) is 15.1 Å². The number of rotatable bonds is 2. The topological polar surface area (TPSA) is 66.5 Å². The molecule has 2 rings (SSSR count). The van der Waals surface area contributed by atoms with Gasteiger partial charge in [-0.05, 0) is 24.8 Å². The lowest BCUT2D eigenvalue weighted by atomic mass is 10.3. The number of nitrogens with zero attached hydrogens (tertiary/aromatic N) is 1. The molecular formula is C10H13ClN2O3S2. The van der Waals surface area contributed by atoms with Gasteiger partial charge in [-0.25, -0.2) is 8.42 Å². The molecular weight excluding hydrogens is 296 g/mol. The lowest BCUT2D eigenvalue weighted by molar-refractivity contribution is -0.123. The highest BCUT2D eigenvalue weighted by molar-refractivity contribution is 7.91. The van der Waals surface area contributed by atoms with Crippen molar-refractivity contribution in [2.75, 3.05) is 13.1 Å². The van der Waals surface area contributed by atoms with Crippen molar-refractivity contribution in [3.8, 4) is 0 Å². The van der Waals surface area contributed by atoms with Gasteiger partial charge in [0, 0.05) is 13.1 Å². The first-order valence-corrected chi connectivity index (χ1v) is 8.17. The van der Waals surface area contributed by atoms with Crippen LogP contribution in [0.15, 0.2) is 15.7 Å². The van der Waals surface area contributed by atoms with E-state index in [9.17, 15) is 13.2 Å². The lowest BCUT2D eigenvalue weighted by Gasteiger charge is -2.24. The third kappa shape index (κ3) is 2.40. The summed E-state index contributed by atoms with van der Waals surface area (Å²) in [6, 6.07) is 0.831. The van der Waals surface area contributed by atoms with Crippen LogP contribution in [0, 0.1) is 0 Å². The van der Waals surface area contributed by atoms with E-state index < -0.39 is 16.1 Å². The highest BCUT2D eigenvalue weighted by Crippen LogP contribution is 2.31. The van der Waals surface area contributed by atoms with E-state index in [4.69, 9.17) is 11.6 Å². The van der Waals surface area contributed by atoms with Crippen molar-refractivity contribution in [2.45, 2.75) is 23.6 Å². The number of hydrogen-bond acceptors (Lipinski definition) is 4. The molecule has 1 aliphatic heterocycles. The zero-order chi connectivity index (χ0) is 13.3. The third-order valence-corrected chi connectivity index (χ3v) is 6.76. The highest BCUT2D eigenvalue weighted by Gasteiger charge is 2.35.